The molecular formula is C13H11F4N3. The molecule has 0 bridgehead atoms. The van der Waals surface area contributed by atoms with E-state index in [-0.39, 0.29) is 11.1 Å². The number of nitrogens with zero attached hydrogens (tertiary/aromatic N) is 1. The predicted molar refractivity (Wildman–Crippen MR) is 64.8 cm³/mol. The molecule has 1 aromatic carbocycles. The molecule has 0 spiro atoms. The van der Waals surface area contributed by atoms with E-state index < -0.39 is 23.6 Å². The molecule has 1 unspecified atom stereocenters. The second-order valence-corrected chi connectivity index (χ2v) is 4.08. The Morgan fingerprint density at radius 1 is 1.10 bits per heavy atom. The first kappa shape index (κ1) is 14.4. The fourth-order valence-electron chi connectivity index (χ4n) is 1.95. The molecule has 0 saturated carbocycles. The number of hydrazine groups is 1. The van der Waals surface area contributed by atoms with Gasteiger partial charge in [0, 0.05) is 23.5 Å². The Morgan fingerprint density at radius 3 is 2.40 bits per heavy atom. The lowest BCUT2D eigenvalue weighted by molar-refractivity contribution is -0.138. The van der Waals surface area contributed by atoms with E-state index in [1.165, 1.54) is 18.2 Å². The van der Waals surface area contributed by atoms with Crippen LogP contribution in [0.5, 0.6) is 0 Å². The maximum Gasteiger partial charge on any atom is 0.416 e. The highest BCUT2D eigenvalue weighted by Crippen LogP contribution is 2.36. The summed E-state index contributed by atoms with van der Waals surface area (Å²) in [4.78, 5) is 3.66. The molecule has 2 aromatic rings. The average Bonchev–Trinajstić information content (AvgIpc) is 2.41. The number of benzene rings is 1. The van der Waals surface area contributed by atoms with Gasteiger partial charge in [0.05, 0.1) is 11.6 Å². The van der Waals surface area contributed by atoms with Gasteiger partial charge in [-0.2, -0.15) is 13.2 Å². The smallest absolute Gasteiger partial charge is 0.271 e. The van der Waals surface area contributed by atoms with Crippen LogP contribution in [0, 0.1) is 5.82 Å². The number of alkyl halides is 3. The summed E-state index contributed by atoms with van der Waals surface area (Å²) in [7, 11) is 0. The lowest BCUT2D eigenvalue weighted by Crippen LogP contribution is -2.31. The van der Waals surface area contributed by atoms with Crippen molar-refractivity contribution in [3.63, 3.8) is 0 Å². The Morgan fingerprint density at radius 2 is 1.80 bits per heavy atom. The minimum Gasteiger partial charge on any atom is -0.271 e. The highest BCUT2D eigenvalue weighted by atomic mass is 19.4. The van der Waals surface area contributed by atoms with Crippen molar-refractivity contribution in [3.05, 3.63) is 65.2 Å². The Hall–Kier alpha value is -1.99. The van der Waals surface area contributed by atoms with Gasteiger partial charge in [0.25, 0.3) is 0 Å². The van der Waals surface area contributed by atoms with Crippen molar-refractivity contribution >= 4 is 0 Å². The first-order valence-electron chi connectivity index (χ1n) is 5.67. The maximum absolute atomic E-state index is 13.7. The molecule has 1 heterocycles. The van der Waals surface area contributed by atoms with E-state index in [0.29, 0.717) is 0 Å². The van der Waals surface area contributed by atoms with Gasteiger partial charge in [-0.3, -0.25) is 10.8 Å². The van der Waals surface area contributed by atoms with E-state index in [1.54, 1.807) is 0 Å². The lowest BCUT2D eigenvalue weighted by atomic mass is 9.96. The van der Waals surface area contributed by atoms with Gasteiger partial charge in [0.2, 0.25) is 0 Å². The molecule has 3 nitrogen and oxygen atoms in total. The molecule has 1 aromatic heterocycles. The molecule has 0 saturated heterocycles. The molecule has 0 fully saturated rings. The number of nitrogens with one attached hydrogen (secondary N) is 1. The molecule has 0 amide bonds. The van der Waals surface area contributed by atoms with Crippen molar-refractivity contribution in [2.75, 3.05) is 0 Å². The van der Waals surface area contributed by atoms with Crippen molar-refractivity contribution in [1.29, 1.82) is 0 Å². The zero-order valence-corrected chi connectivity index (χ0v) is 10.2. The van der Waals surface area contributed by atoms with Crippen molar-refractivity contribution in [2.24, 2.45) is 5.84 Å². The minimum atomic E-state index is -4.57. The third-order valence-electron chi connectivity index (χ3n) is 2.85. The van der Waals surface area contributed by atoms with E-state index in [1.807, 2.05) is 0 Å². The summed E-state index contributed by atoms with van der Waals surface area (Å²) in [5.41, 5.74) is 1.10. The summed E-state index contributed by atoms with van der Waals surface area (Å²) in [6.45, 7) is 0. The van der Waals surface area contributed by atoms with E-state index in [2.05, 4.69) is 10.4 Å². The van der Waals surface area contributed by atoms with Crippen LogP contribution in [0.1, 0.15) is 22.7 Å². The molecule has 1 atom stereocenters. The molecule has 3 N–H and O–H groups in total. The zero-order valence-electron chi connectivity index (χ0n) is 10.2. The van der Waals surface area contributed by atoms with Gasteiger partial charge in [0.1, 0.15) is 5.82 Å². The number of rotatable bonds is 3. The number of aromatic nitrogens is 1. The number of hydrogen-bond donors (Lipinski definition) is 2. The van der Waals surface area contributed by atoms with E-state index in [0.717, 1.165) is 24.5 Å². The van der Waals surface area contributed by atoms with Gasteiger partial charge in [-0.25, -0.2) is 9.82 Å². The van der Waals surface area contributed by atoms with Crippen molar-refractivity contribution < 1.29 is 17.6 Å². The summed E-state index contributed by atoms with van der Waals surface area (Å²) < 4.78 is 52.7. The average molecular weight is 285 g/mol. The van der Waals surface area contributed by atoms with Crippen LogP contribution in [0.2, 0.25) is 0 Å². The first-order chi connectivity index (χ1) is 9.45. The fourth-order valence-corrected chi connectivity index (χ4v) is 1.95. The summed E-state index contributed by atoms with van der Waals surface area (Å²) in [6, 6.07) is 5.19. The van der Waals surface area contributed by atoms with Gasteiger partial charge in [-0.1, -0.05) is 18.2 Å². The van der Waals surface area contributed by atoms with Gasteiger partial charge in [-0.15, -0.1) is 0 Å². The van der Waals surface area contributed by atoms with Crippen LogP contribution in [0.4, 0.5) is 17.6 Å². The summed E-state index contributed by atoms with van der Waals surface area (Å²) >= 11 is 0. The summed E-state index contributed by atoms with van der Waals surface area (Å²) in [5.74, 6) is 4.66. The lowest BCUT2D eigenvalue weighted by Gasteiger charge is -2.21. The Bertz CT molecular complexity index is 598. The first-order valence-corrected chi connectivity index (χ1v) is 5.67. The van der Waals surface area contributed by atoms with Crippen molar-refractivity contribution in [2.45, 2.75) is 12.2 Å². The number of nitrogens with two attached hydrogens (primary N) is 1. The number of pyridine rings is 1. The highest BCUT2D eigenvalue weighted by molar-refractivity contribution is 5.37. The van der Waals surface area contributed by atoms with Crippen LogP contribution in [0.3, 0.4) is 0 Å². The Labute approximate surface area is 112 Å². The van der Waals surface area contributed by atoms with E-state index in [9.17, 15) is 17.6 Å². The minimum absolute atomic E-state index is 0.0218. The van der Waals surface area contributed by atoms with Crippen molar-refractivity contribution in [1.82, 2.24) is 10.4 Å². The molecule has 0 aliphatic carbocycles. The van der Waals surface area contributed by atoms with Gasteiger partial charge in [0.15, 0.2) is 0 Å². The predicted octanol–water partition coefficient (Wildman–Crippen LogP) is 2.79. The number of hydrogen-bond acceptors (Lipinski definition) is 3. The zero-order chi connectivity index (χ0) is 14.8. The third-order valence-corrected chi connectivity index (χ3v) is 2.85. The Balaban J connectivity index is 2.57. The van der Waals surface area contributed by atoms with Crippen molar-refractivity contribution in [3.8, 4) is 0 Å². The molecule has 106 valence electrons. The monoisotopic (exact) mass is 285 g/mol. The molecule has 0 aliphatic rings. The Kier molecular flexibility index (Phi) is 4.01. The number of halogens is 4. The van der Waals surface area contributed by atoms with Crippen LogP contribution in [0.25, 0.3) is 0 Å². The second-order valence-electron chi connectivity index (χ2n) is 4.08. The maximum atomic E-state index is 13.7. The quantitative estimate of drug-likeness (QED) is 0.518. The second kappa shape index (κ2) is 5.56. The summed E-state index contributed by atoms with van der Waals surface area (Å²) in [6.07, 6.45) is -2.51. The third kappa shape index (κ3) is 2.78. The normalized spacial score (nSPS) is 13.2. The van der Waals surface area contributed by atoms with Gasteiger partial charge >= 0.3 is 6.18 Å². The van der Waals surface area contributed by atoms with Crippen LogP contribution in [-0.2, 0) is 6.18 Å². The van der Waals surface area contributed by atoms with Gasteiger partial charge < -0.3 is 0 Å². The molecule has 7 heteroatoms. The molecular weight excluding hydrogens is 274 g/mol. The van der Waals surface area contributed by atoms with Crippen LogP contribution in [-0.4, -0.2) is 4.98 Å². The molecule has 0 aliphatic heterocycles. The van der Waals surface area contributed by atoms with Gasteiger partial charge in [-0.05, 0) is 12.1 Å². The summed E-state index contributed by atoms with van der Waals surface area (Å²) in [5, 5.41) is 0. The molecule has 2 rings (SSSR count). The fraction of sp³-hybridized carbons (Fsp3) is 0.154. The topological polar surface area (TPSA) is 50.9 Å². The standard InChI is InChI=1S/C13H11F4N3/c14-11-4-2-1-3-8(11)12(20-18)9-7-19-6-5-10(9)13(15,16)17/h1-7,12,20H,18H2. The van der Waals surface area contributed by atoms with E-state index in [4.69, 9.17) is 5.84 Å². The SMILES string of the molecule is NNC(c1ccccc1F)c1cnccc1C(F)(F)F. The van der Waals surface area contributed by atoms with Crippen LogP contribution >= 0.6 is 0 Å². The molecule has 0 radical (unpaired) electrons. The van der Waals surface area contributed by atoms with Crippen LogP contribution < -0.4 is 11.3 Å². The van der Waals surface area contributed by atoms with E-state index >= 15 is 0 Å². The molecule has 20 heavy (non-hydrogen) atoms. The highest BCUT2D eigenvalue weighted by Gasteiger charge is 2.35. The van der Waals surface area contributed by atoms with Crippen LogP contribution in [0.15, 0.2) is 42.7 Å². The largest absolute Gasteiger partial charge is 0.416 e.